The lowest BCUT2D eigenvalue weighted by Crippen LogP contribution is -2.53. The van der Waals surface area contributed by atoms with E-state index < -0.39 is 6.04 Å². The maximum Gasteiger partial charge on any atom is 0.251 e. The topological polar surface area (TPSA) is 52.7 Å². The fourth-order valence-corrected chi connectivity index (χ4v) is 4.56. The number of hydrogen-bond donors (Lipinski definition) is 1. The maximum atomic E-state index is 13.1. The minimum Gasteiger partial charge on any atom is -0.341 e. The van der Waals surface area contributed by atoms with Crippen LogP contribution in [0.2, 0.25) is 0 Å². The van der Waals surface area contributed by atoms with Crippen LogP contribution in [0.3, 0.4) is 0 Å². The van der Waals surface area contributed by atoms with E-state index in [2.05, 4.69) is 10.2 Å². The van der Waals surface area contributed by atoms with Crippen LogP contribution < -0.4 is 5.32 Å². The number of amides is 2. The number of halogens is 1. The predicted octanol–water partition coefficient (Wildman–Crippen LogP) is 3.69. The van der Waals surface area contributed by atoms with Crippen molar-refractivity contribution in [1.29, 1.82) is 0 Å². The minimum atomic E-state index is -0.565. The van der Waals surface area contributed by atoms with Gasteiger partial charge in [-0.15, -0.1) is 0 Å². The largest absolute Gasteiger partial charge is 0.341 e. The SMILES string of the molecule is CC(C)[C@H](NC(=O)c1ccc(F)cc1)C(=O)N1CCC(CN2CCCCCC2)CC1. The molecule has 0 bridgehead atoms. The normalized spacial score (nSPS) is 20.1. The first-order valence-corrected chi connectivity index (χ1v) is 11.5. The van der Waals surface area contributed by atoms with Crippen molar-refractivity contribution in [1.82, 2.24) is 15.1 Å². The molecule has 30 heavy (non-hydrogen) atoms. The van der Waals surface area contributed by atoms with Crippen molar-refractivity contribution in [3.63, 3.8) is 0 Å². The van der Waals surface area contributed by atoms with E-state index >= 15 is 0 Å². The van der Waals surface area contributed by atoms with Crippen LogP contribution in [-0.4, -0.2) is 60.4 Å². The Morgan fingerprint density at radius 1 is 1.00 bits per heavy atom. The van der Waals surface area contributed by atoms with Crippen molar-refractivity contribution in [2.75, 3.05) is 32.7 Å². The average Bonchev–Trinajstić information content (AvgIpc) is 3.01. The van der Waals surface area contributed by atoms with E-state index in [-0.39, 0.29) is 23.5 Å². The lowest BCUT2D eigenvalue weighted by atomic mass is 9.94. The van der Waals surface area contributed by atoms with Crippen LogP contribution >= 0.6 is 0 Å². The zero-order chi connectivity index (χ0) is 21.5. The Balaban J connectivity index is 1.52. The molecule has 0 unspecified atom stereocenters. The molecule has 1 aromatic rings. The molecule has 0 radical (unpaired) electrons. The van der Waals surface area contributed by atoms with Gasteiger partial charge in [0.25, 0.3) is 5.91 Å². The Morgan fingerprint density at radius 3 is 2.17 bits per heavy atom. The van der Waals surface area contributed by atoms with E-state index in [9.17, 15) is 14.0 Å². The molecule has 0 aromatic heterocycles. The van der Waals surface area contributed by atoms with Gasteiger partial charge < -0.3 is 15.1 Å². The summed E-state index contributed by atoms with van der Waals surface area (Å²) in [6, 6.07) is 4.85. The van der Waals surface area contributed by atoms with Gasteiger partial charge in [-0.3, -0.25) is 9.59 Å². The van der Waals surface area contributed by atoms with Crippen molar-refractivity contribution < 1.29 is 14.0 Å². The summed E-state index contributed by atoms with van der Waals surface area (Å²) in [5.74, 6) is -0.0898. The van der Waals surface area contributed by atoms with Crippen molar-refractivity contribution >= 4 is 11.8 Å². The van der Waals surface area contributed by atoms with E-state index in [1.165, 1.54) is 63.0 Å². The maximum absolute atomic E-state index is 13.1. The van der Waals surface area contributed by atoms with Gasteiger partial charge in [-0.25, -0.2) is 4.39 Å². The zero-order valence-electron chi connectivity index (χ0n) is 18.4. The van der Waals surface area contributed by atoms with E-state index in [1.54, 1.807) is 0 Å². The fraction of sp³-hybridized carbons (Fsp3) is 0.667. The van der Waals surface area contributed by atoms with E-state index in [0.29, 0.717) is 11.5 Å². The predicted molar refractivity (Wildman–Crippen MR) is 117 cm³/mol. The summed E-state index contributed by atoms with van der Waals surface area (Å²) in [7, 11) is 0. The van der Waals surface area contributed by atoms with Gasteiger partial charge in [-0.1, -0.05) is 26.7 Å². The molecule has 2 aliphatic heterocycles. The van der Waals surface area contributed by atoms with Crippen LogP contribution in [0.25, 0.3) is 0 Å². The fourth-order valence-electron chi connectivity index (χ4n) is 4.56. The van der Waals surface area contributed by atoms with Gasteiger partial charge in [0.05, 0.1) is 0 Å². The Labute approximate surface area is 180 Å². The first kappa shape index (κ1) is 22.7. The molecule has 1 N–H and O–H groups in total. The van der Waals surface area contributed by atoms with Gasteiger partial charge in [-0.05, 0) is 74.9 Å². The lowest BCUT2D eigenvalue weighted by molar-refractivity contribution is -0.135. The van der Waals surface area contributed by atoms with Gasteiger partial charge in [0.1, 0.15) is 11.9 Å². The molecule has 3 rings (SSSR count). The molecule has 0 spiro atoms. The number of nitrogens with zero attached hydrogens (tertiary/aromatic N) is 2. The Morgan fingerprint density at radius 2 is 1.60 bits per heavy atom. The van der Waals surface area contributed by atoms with Crippen LogP contribution in [0.1, 0.15) is 62.7 Å². The van der Waals surface area contributed by atoms with E-state index in [1.807, 2.05) is 18.7 Å². The highest BCUT2D eigenvalue weighted by Gasteiger charge is 2.32. The van der Waals surface area contributed by atoms with Crippen LogP contribution in [0.4, 0.5) is 4.39 Å². The molecule has 166 valence electrons. The zero-order valence-corrected chi connectivity index (χ0v) is 18.4. The first-order chi connectivity index (χ1) is 14.4. The molecule has 0 saturated carbocycles. The summed E-state index contributed by atoms with van der Waals surface area (Å²) < 4.78 is 13.1. The minimum absolute atomic E-state index is 0.00585. The highest BCUT2D eigenvalue weighted by molar-refractivity contribution is 5.97. The molecule has 2 saturated heterocycles. The third-order valence-electron chi connectivity index (χ3n) is 6.47. The number of carbonyl (C=O) groups is 2. The van der Waals surface area contributed by atoms with Gasteiger partial charge in [0.15, 0.2) is 0 Å². The Kier molecular flexibility index (Phi) is 8.25. The lowest BCUT2D eigenvalue weighted by Gasteiger charge is -2.37. The van der Waals surface area contributed by atoms with Crippen LogP contribution in [-0.2, 0) is 4.79 Å². The highest BCUT2D eigenvalue weighted by Crippen LogP contribution is 2.22. The number of rotatable bonds is 6. The summed E-state index contributed by atoms with van der Waals surface area (Å²) in [5.41, 5.74) is 0.367. The third kappa shape index (κ3) is 6.27. The van der Waals surface area contributed by atoms with Gasteiger partial charge in [-0.2, -0.15) is 0 Å². The van der Waals surface area contributed by atoms with Crippen molar-refractivity contribution in [2.24, 2.45) is 11.8 Å². The molecule has 2 amide bonds. The third-order valence-corrected chi connectivity index (χ3v) is 6.47. The second-order valence-electron chi connectivity index (χ2n) is 9.19. The smallest absolute Gasteiger partial charge is 0.251 e. The summed E-state index contributed by atoms with van der Waals surface area (Å²) in [6.07, 6.45) is 7.37. The second kappa shape index (κ2) is 10.9. The van der Waals surface area contributed by atoms with Crippen LogP contribution in [0, 0.1) is 17.7 Å². The second-order valence-corrected chi connectivity index (χ2v) is 9.19. The summed E-state index contributed by atoms with van der Waals surface area (Å²) in [5, 5.41) is 2.87. The molecule has 6 heteroatoms. The van der Waals surface area contributed by atoms with Gasteiger partial charge in [0.2, 0.25) is 5.91 Å². The average molecular weight is 418 g/mol. The molecule has 2 fully saturated rings. The summed E-state index contributed by atoms with van der Waals surface area (Å²) in [4.78, 5) is 30.2. The summed E-state index contributed by atoms with van der Waals surface area (Å²) in [6.45, 7) is 8.98. The molecular weight excluding hydrogens is 381 g/mol. The van der Waals surface area contributed by atoms with Crippen LogP contribution in [0.5, 0.6) is 0 Å². The molecule has 0 aliphatic carbocycles. The number of nitrogens with one attached hydrogen (secondary N) is 1. The van der Waals surface area contributed by atoms with Gasteiger partial charge >= 0.3 is 0 Å². The van der Waals surface area contributed by atoms with Gasteiger partial charge in [0, 0.05) is 25.2 Å². The number of hydrogen-bond acceptors (Lipinski definition) is 3. The van der Waals surface area contributed by atoms with Crippen LogP contribution in [0.15, 0.2) is 24.3 Å². The van der Waals surface area contributed by atoms with E-state index in [4.69, 9.17) is 0 Å². The summed E-state index contributed by atoms with van der Waals surface area (Å²) >= 11 is 0. The number of likely N-dealkylation sites (tertiary alicyclic amines) is 2. The molecule has 1 atom stereocenters. The molecular formula is C24H36FN3O2. The molecule has 5 nitrogen and oxygen atoms in total. The number of carbonyl (C=O) groups excluding carboxylic acids is 2. The van der Waals surface area contributed by atoms with Crippen molar-refractivity contribution in [3.05, 3.63) is 35.6 Å². The molecule has 1 aromatic carbocycles. The van der Waals surface area contributed by atoms with E-state index in [0.717, 1.165) is 32.5 Å². The quantitative estimate of drug-likeness (QED) is 0.768. The monoisotopic (exact) mass is 417 g/mol. The molecule has 2 heterocycles. The number of piperidine rings is 1. The molecule has 2 aliphatic rings. The van der Waals surface area contributed by atoms with Crippen molar-refractivity contribution in [2.45, 2.75) is 58.4 Å². The standard InChI is InChI=1S/C24H36FN3O2/c1-18(2)22(26-23(29)20-7-9-21(25)10-8-20)24(30)28-15-11-19(12-16-28)17-27-13-5-3-4-6-14-27/h7-10,18-19,22H,3-6,11-17H2,1-2H3,(H,26,29)/t22-/m0/s1. The highest BCUT2D eigenvalue weighted by atomic mass is 19.1. The Hall–Kier alpha value is -1.95. The Bertz CT molecular complexity index is 691. The first-order valence-electron chi connectivity index (χ1n) is 11.5. The van der Waals surface area contributed by atoms with Crippen molar-refractivity contribution in [3.8, 4) is 0 Å². The number of benzene rings is 1.